The second kappa shape index (κ2) is 7.86. The van der Waals surface area contributed by atoms with Crippen molar-refractivity contribution < 1.29 is 9.59 Å². The summed E-state index contributed by atoms with van der Waals surface area (Å²) in [7, 11) is 0. The van der Waals surface area contributed by atoms with Crippen LogP contribution < -0.4 is 5.32 Å². The largest absolute Gasteiger partial charge is 0.351 e. The fourth-order valence-corrected chi connectivity index (χ4v) is 4.44. The highest BCUT2D eigenvalue weighted by Gasteiger charge is 2.33. The Kier molecular flexibility index (Phi) is 5.60. The minimum absolute atomic E-state index is 0.0247. The topological polar surface area (TPSA) is 49.4 Å². The fraction of sp³-hybridized carbons (Fsp3) is 0.556. The average Bonchev–Trinajstić information content (AvgIpc) is 2.59. The van der Waals surface area contributed by atoms with Crippen molar-refractivity contribution in [3.05, 3.63) is 35.9 Å². The van der Waals surface area contributed by atoms with Crippen LogP contribution in [0.1, 0.15) is 43.7 Å². The van der Waals surface area contributed by atoms with Gasteiger partial charge in [0.05, 0.1) is 0 Å². The molecule has 23 heavy (non-hydrogen) atoms. The third kappa shape index (κ3) is 4.08. The molecule has 0 aromatic heterocycles. The molecule has 0 aliphatic carbocycles. The first kappa shape index (κ1) is 16.4. The van der Waals surface area contributed by atoms with Crippen LogP contribution in [0.4, 0.5) is 0 Å². The second-order valence-corrected chi connectivity index (χ2v) is 7.48. The minimum Gasteiger partial charge on any atom is -0.351 e. The van der Waals surface area contributed by atoms with Crippen molar-refractivity contribution in [2.75, 3.05) is 18.1 Å². The van der Waals surface area contributed by atoms with Crippen LogP contribution in [0.25, 0.3) is 0 Å². The molecule has 1 atom stereocenters. The van der Waals surface area contributed by atoms with Gasteiger partial charge in [-0.25, -0.2) is 0 Å². The van der Waals surface area contributed by atoms with Crippen molar-refractivity contribution in [1.29, 1.82) is 0 Å². The summed E-state index contributed by atoms with van der Waals surface area (Å²) in [6.07, 6.45) is 4.50. The molecule has 2 amide bonds. The Labute approximate surface area is 142 Å². The summed E-state index contributed by atoms with van der Waals surface area (Å²) in [4.78, 5) is 27.1. The number of hydrogen-bond acceptors (Lipinski definition) is 3. The molecule has 3 rings (SSSR count). The standard InChI is InChI=1S/C18H24N2O2S/c21-16-8-4-5-11-20(16)17(14-6-2-1-3-7-14)18(22)19-15-9-12-23-13-10-15/h1-3,6-7,15,17H,4-5,8-13H2,(H,19,22)/t17-/m0/s1. The average molecular weight is 332 g/mol. The third-order valence-corrected chi connectivity index (χ3v) is 5.65. The van der Waals surface area contributed by atoms with E-state index >= 15 is 0 Å². The lowest BCUT2D eigenvalue weighted by Crippen LogP contribution is -2.48. The van der Waals surface area contributed by atoms with Crippen LogP contribution in [0.15, 0.2) is 30.3 Å². The van der Waals surface area contributed by atoms with E-state index in [1.54, 1.807) is 4.90 Å². The molecule has 2 fully saturated rings. The molecule has 0 saturated carbocycles. The number of rotatable bonds is 4. The van der Waals surface area contributed by atoms with Crippen LogP contribution in [0.5, 0.6) is 0 Å². The van der Waals surface area contributed by atoms with Gasteiger partial charge in [0.25, 0.3) is 0 Å². The van der Waals surface area contributed by atoms with Gasteiger partial charge in [0, 0.05) is 19.0 Å². The maximum Gasteiger partial charge on any atom is 0.247 e. The Hall–Kier alpha value is -1.49. The van der Waals surface area contributed by atoms with Gasteiger partial charge in [-0.3, -0.25) is 9.59 Å². The number of likely N-dealkylation sites (tertiary alicyclic amines) is 1. The maximum atomic E-state index is 12.9. The van der Waals surface area contributed by atoms with Crippen molar-refractivity contribution in [2.24, 2.45) is 0 Å². The van der Waals surface area contributed by atoms with Crippen LogP contribution in [0.3, 0.4) is 0 Å². The van der Waals surface area contributed by atoms with Gasteiger partial charge in [0.1, 0.15) is 6.04 Å². The van der Waals surface area contributed by atoms with Gasteiger partial charge in [0.15, 0.2) is 0 Å². The molecule has 0 radical (unpaired) electrons. The molecule has 2 saturated heterocycles. The summed E-state index contributed by atoms with van der Waals surface area (Å²) in [6.45, 7) is 0.673. The zero-order valence-corrected chi connectivity index (χ0v) is 14.2. The van der Waals surface area contributed by atoms with Crippen molar-refractivity contribution in [2.45, 2.75) is 44.2 Å². The molecule has 124 valence electrons. The predicted octanol–water partition coefficient (Wildman–Crippen LogP) is 2.75. The molecule has 1 N–H and O–H groups in total. The van der Waals surface area contributed by atoms with Crippen molar-refractivity contribution in [3.63, 3.8) is 0 Å². The predicted molar refractivity (Wildman–Crippen MR) is 93.2 cm³/mol. The lowest BCUT2D eigenvalue weighted by atomic mass is 9.99. The number of amides is 2. The molecule has 2 aliphatic rings. The van der Waals surface area contributed by atoms with E-state index in [9.17, 15) is 9.59 Å². The van der Waals surface area contributed by atoms with Gasteiger partial charge in [-0.05, 0) is 42.8 Å². The summed E-state index contributed by atoms with van der Waals surface area (Å²) < 4.78 is 0. The number of nitrogens with zero attached hydrogens (tertiary/aromatic N) is 1. The van der Waals surface area contributed by atoms with E-state index in [1.165, 1.54) is 0 Å². The highest BCUT2D eigenvalue weighted by atomic mass is 32.2. The summed E-state index contributed by atoms with van der Waals surface area (Å²) >= 11 is 1.94. The number of hydrogen-bond donors (Lipinski definition) is 1. The minimum atomic E-state index is -0.487. The van der Waals surface area contributed by atoms with Crippen LogP contribution in [0, 0.1) is 0 Å². The summed E-state index contributed by atoms with van der Waals surface area (Å²) in [5.74, 6) is 2.27. The zero-order chi connectivity index (χ0) is 16.1. The Balaban J connectivity index is 1.79. The van der Waals surface area contributed by atoms with Crippen LogP contribution in [-0.2, 0) is 9.59 Å². The third-order valence-electron chi connectivity index (χ3n) is 4.60. The van der Waals surface area contributed by atoms with Gasteiger partial charge in [-0.15, -0.1) is 0 Å². The van der Waals surface area contributed by atoms with E-state index in [0.717, 1.165) is 42.8 Å². The van der Waals surface area contributed by atoms with E-state index in [4.69, 9.17) is 0 Å². The lowest BCUT2D eigenvalue weighted by Gasteiger charge is -2.35. The SMILES string of the molecule is O=C(NC1CCSCC1)[C@H](c1ccccc1)N1CCCCC1=O. The first-order valence-corrected chi connectivity index (χ1v) is 9.64. The van der Waals surface area contributed by atoms with Gasteiger partial charge in [0.2, 0.25) is 11.8 Å². The van der Waals surface area contributed by atoms with Gasteiger partial charge < -0.3 is 10.2 Å². The van der Waals surface area contributed by atoms with Gasteiger partial charge >= 0.3 is 0 Å². The Morgan fingerprint density at radius 1 is 1.17 bits per heavy atom. The molecule has 1 aromatic rings. The molecule has 5 heteroatoms. The number of thioether (sulfide) groups is 1. The first-order chi connectivity index (χ1) is 11.3. The first-order valence-electron chi connectivity index (χ1n) is 8.48. The normalized spacial score (nSPS) is 21.0. The zero-order valence-electron chi connectivity index (χ0n) is 13.4. The van der Waals surface area contributed by atoms with E-state index in [1.807, 2.05) is 42.1 Å². The van der Waals surface area contributed by atoms with Gasteiger partial charge in [-0.2, -0.15) is 11.8 Å². The fourth-order valence-electron chi connectivity index (χ4n) is 3.33. The number of piperidine rings is 1. The number of carbonyl (C=O) groups excluding carboxylic acids is 2. The monoisotopic (exact) mass is 332 g/mol. The quantitative estimate of drug-likeness (QED) is 0.922. The Morgan fingerprint density at radius 3 is 2.61 bits per heavy atom. The van der Waals surface area contributed by atoms with Crippen LogP contribution >= 0.6 is 11.8 Å². The second-order valence-electron chi connectivity index (χ2n) is 6.25. The Bertz CT molecular complexity index is 543. The molecular formula is C18H24N2O2S. The molecular weight excluding hydrogens is 308 g/mol. The van der Waals surface area contributed by atoms with E-state index in [0.29, 0.717) is 13.0 Å². The summed E-state index contributed by atoms with van der Waals surface area (Å²) in [6, 6.07) is 9.46. The van der Waals surface area contributed by atoms with E-state index < -0.39 is 6.04 Å². The van der Waals surface area contributed by atoms with E-state index in [-0.39, 0.29) is 17.9 Å². The maximum absolute atomic E-state index is 12.9. The van der Waals surface area contributed by atoms with Crippen molar-refractivity contribution >= 4 is 23.6 Å². The number of benzene rings is 1. The lowest BCUT2D eigenvalue weighted by molar-refractivity contribution is -0.143. The smallest absolute Gasteiger partial charge is 0.247 e. The van der Waals surface area contributed by atoms with E-state index in [2.05, 4.69) is 5.32 Å². The molecule has 0 bridgehead atoms. The highest BCUT2D eigenvalue weighted by Crippen LogP contribution is 2.27. The molecule has 0 spiro atoms. The molecule has 2 aliphatic heterocycles. The molecule has 2 heterocycles. The molecule has 0 unspecified atom stereocenters. The summed E-state index contributed by atoms with van der Waals surface area (Å²) in [5, 5.41) is 3.19. The molecule has 1 aromatic carbocycles. The number of nitrogens with one attached hydrogen (secondary N) is 1. The number of carbonyl (C=O) groups is 2. The van der Waals surface area contributed by atoms with Gasteiger partial charge in [-0.1, -0.05) is 30.3 Å². The van der Waals surface area contributed by atoms with Crippen LogP contribution in [0.2, 0.25) is 0 Å². The van der Waals surface area contributed by atoms with Crippen LogP contribution in [-0.4, -0.2) is 40.8 Å². The molecule has 4 nitrogen and oxygen atoms in total. The van der Waals surface area contributed by atoms with Crippen molar-refractivity contribution in [3.8, 4) is 0 Å². The summed E-state index contributed by atoms with van der Waals surface area (Å²) in [5.41, 5.74) is 0.908. The van der Waals surface area contributed by atoms with Crippen molar-refractivity contribution in [1.82, 2.24) is 10.2 Å². The highest BCUT2D eigenvalue weighted by molar-refractivity contribution is 7.99. The Morgan fingerprint density at radius 2 is 1.91 bits per heavy atom.